The number of halogens is 1. The van der Waals surface area contributed by atoms with Gasteiger partial charge in [0.25, 0.3) is 0 Å². The molecule has 0 aromatic carbocycles. The number of sulfone groups is 1. The number of aryl methyl sites for hydroxylation is 1. The van der Waals surface area contributed by atoms with E-state index in [-0.39, 0.29) is 22.8 Å². The fraction of sp³-hybridized carbons (Fsp3) is 0.556. The number of nitrogens with zero attached hydrogens (tertiary/aromatic N) is 2. The normalized spacial score (nSPS) is 23.2. The average molecular weight is 262 g/mol. The first-order chi connectivity index (χ1) is 7.46. The van der Waals surface area contributed by atoms with Gasteiger partial charge < -0.3 is 5.32 Å². The van der Waals surface area contributed by atoms with Crippen LogP contribution in [0.5, 0.6) is 0 Å². The summed E-state index contributed by atoms with van der Waals surface area (Å²) >= 11 is 5.68. The average Bonchev–Trinajstić information content (AvgIpc) is 2.52. The van der Waals surface area contributed by atoms with Crippen molar-refractivity contribution in [3.05, 3.63) is 17.0 Å². The molecule has 1 aliphatic heterocycles. The van der Waals surface area contributed by atoms with Gasteiger partial charge in [-0.2, -0.15) is 0 Å². The second-order valence-electron chi connectivity index (χ2n) is 3.91. The van der Waals surface area contributed by atoms with Gasteiger partial charge in [0.05, 0.1) is 11.5 Å². The Morgan fingerprint density at radius 2 is 2.31 bits per heavy atom. The summed E-state index contributed by atoms with van der Waals surface area (Å²) in [5, 5.41) is 3.25. The van der Waals surface area contributed by atoms with Crippen LogP contribution in [-0.2, 0) is 9.84 Å². The SMILES string of the molecule is Cc1cnc(Cl)nc1NC1CCS(=O)(=O)C1. The molecule has 0 radical (unpaired) electrons. The molecule has 16 heavy (non-hydrogen) atoms. The number of hydrogen-bond donors (Lipinski definition) is 1. The van der Waals surface area contributed by atoms with Gasteiger partial charge in [-0.25, -0.2) is 18.4 Å². The molecule has 0 bridgehead atoms. The first-order valence-corrected chi connectivity index (χ1v) is 7.12. The molecule has 2 rings (SSSR count). The summed E-state index contributed by atoms with van der Waals surface area (Å²) in [5.74, 6) is 1.01. The Hall–Kier alpha value is -0.880. The number of hydrogen-bond acceptors (Lipinski definition) is 5. The largest absolute Gasteiger partial charge is 0.366 e. The molecule has 1 aliphatic rings. The third-order valence-electron chi connectivity index (χ3n) is 2.52. The zero-order valence-corrected chi connectivity index (χ0v) is 10.3. The maximum atomic E-state index is 11.3. The van der Waals surface area contributed by atoms with Gasteiger partial charge in [-0.15, -0.1) is 0 Å². The second-order valence-corrected chi connectivity index (χ2v) is 6.48. The smallest absolute Gasteiger partial charge is 0.224 e. The van der Waals surface area contributed by atoms with Gasteiger partial charge in [0.15, 0.2) is 9.84 Å². The van der Waals surface area contributed by atoms with Gasteiger partial charge in [0, 0.05) is 17.8 Å². The van der Waals surface area contributed by atoms with Crippen molar-refractivity contribution in [1.82, 2.24) is 9.97 Å². The van der Waals surface area contributed by atoms with Crippen molar-refractivity contribution in [3.8, 4) is 0 Å². The van der Waals surface area contributed by atoms with E-state index < -0.39 is 9.84 Å². The van der Waals surface area contributed by atoms with Crippen LogP contribution >= 0.6 is 11.6 Å². The van der Waals surface area contributed by atoms with Crippen molar-refractivity contribution >= 4 is 27.3 Å². The Kier molecular flexibility index (Phi) is 3.03. The van der Waals surface area contributed by atoms with E-state index in [4.69, 9.17) is 11.6 Å². The molecule has 0 aliphatic carbocycles. The first-order valence-electron chi connectivity index (χ1n) is 4.92. The minimum Gasteiger partial charge on any atom is -0.366 e. The molecule has 1 fully saturated rings. The summed E-state index contributed by atoms with van der Waals surface area (Å²) in [6, 6.07) is -0.0744. The Morgan fingerprint density at radius 1 is 1.56 bits per heavy atom. The van der Waals surface area contributed by atoms with Gasteiger partial charge in [0.2, 0.25) is 5.28 Å². The molecule has 1 unspecified atom stereocenters. The highest BCUT2D eigenvalue weighted by molar-refractivity contribution is 7.91. The summed E-state index contributed by atoms with van der Waals surface area (Å²) < 4.78 is 22.6. The van der Waals surface area contributed by atoms with Gasteiger partial charge in [-0.1, -0.05) is 0 Å². The molecular formula is C9H12ClN3O2S. The summed E-state index contributed by atoms with van der Waals surface area (Å²) in [6.45, 7) is 1.85. The quantitative estimate of drug-likeness (QED) is 0.806. The van der Waals surface area contributed by atoms with E-state index in [1.54, 1.807) is 6.20 Å². The highest BCUT2D eigenvalue weighted by atomic mass is 35.5. The predicted octanol–water partition coefficient (Wildman–Crippen LogP) is 1.04. The second kappa shape index (κ2) is 4.18. The van der Waals surface area contributed by atoms with Crippen molar-refractivity contribution < 1.29 is 8.42 Å². The summed E-state index contributed by atoms with van der Waals surface area (Å²) in [4.78, 5) is 7.87. The zero-order valence-electron chi connectivity index (χ0n) is 8.77. The third-order valence-corrected chi connectivity index (χ3v) is 4.47. The summed E-state index contributed by atoms with van der Waals surface area (Å²) in [7, 11) is -2.88. The topological polar surface area (TPSA) is 72.0 Å². The lowest BCUT2D eigenvalue weighted by Crippen LogP contribution is -2.22. The summed E-state index contributed by atoms with van der Waals surface area (Å²) in [5.41, 5.74) is 0.855. The van der Waals surface area contributed by atoms with E-state index in [1.807, 2.05) is 6.92 Å². The van der Waals surface area contributed by atoms with Crippen LogP contribution in [-0.4, -0.2) is 35.9 Å². The van der Waals surface area contributed by atoms with E-state index in [1.165, 1.54) is 0 Å². The van der Waals surface area contributed by atoms with Crippen LogP contribution < -0.4 is 5.32 Å². The molecular weight excluding hydrogens is 250 g/mol. The van der Waals surface area contributed by atoms with Crippen LogP contribution in [0.15, 0.2) is 6.20 Å². The predicted molar refractivity (Wildman–Crippen MR) is 62.5 cm³/mol. The fourth-order valence-corrected chi connectivity index (χ4v) is 3.48. The molecule has 88 valence electrons. The van der Waals surface area contributed by atoms with Crippen molar-refractivity contribution in [2.45, 2.75) is 19.4 Å². The Balaban J connectivity index is 2.13. The van der Waals surface area contributed by atoms with Crippen molar-refractivity contribution in [1.29, 1.82) is 0 Å². The van der Waals surface area contributed by atoms with E-state index >= 15 is 0 Å². The van der Waals surface area contributed by atoms with Gasteiger partial charge >= 0.3 is 0 Å². The van der Waals surface area contributed by atoms with Crippen LogP contribution in [0.2, 0.25) is 5.28 Å². The Morgan fingerprint density at radius 3 is 2.94 bits per heavy atom. The lowest BCUT2D eigenvalue weighted by molar-refractivity contribution is 0.602. The number of nitrogens with one attached hydrogen (secondary N) is 1. The van der Waals surface area contributed by atoms with E-state index in [0.29, 0.717) is 12.2 Å². The molecule has 1 atom stereocenters. The standard InChI is InChI=1S/C9H12ClN3O2S/c1-6-4-11-9(10)13-8(6)12-7-2-3-16(14,15)5-7/h4,7H,2-3,5H2,1H3,(H,11,12,13). The summed E-state index contributed by atoms with van der Waals surface area (Å²) in [6.07, 6.45) is 2.23. The molecule has 1 N–H and O–H groups in total. The van der Waals surface area contributed by atoms with Crippen LogP contribution in [0.3, 0.4) is 0 Å². The highest BCUT2D eigenvalue weighted by Crippen LogP contribution is 2.19. The molecule has 0 amide bonds. The molecule has 7 heteroatoms. The number of aromatic nitrogens is 2. The Bertz CT molecular complexity index is 503. The Labute approximate surface area is 99.2 Å². The monoisotopic (exact) mass is 261 g/mol. The number of anilines is 1. The van der Waals surface area contributed by atoms with Crippen molar-refractivity contribution in [2.75, 3.05) is 16.8 Å². The lowest BCUT2D eigenvalue weighted by atomic mass is 10.2. The highest BCUT2D eigenvalue weighted by Gasteiger charge is 2.28. The van der Waals surface area contributed by atoms with Crippen LogP contribution in [0.25, 0.3) is 0 Å². The minimum absolute atomic E-state index is 0.0744. The van der Waals surface area contributed by atoms with Crippen molar-refractivity contribution in [2.24, 2.45) is 0 Å². The maximum absolute atomic E-state index is 11.3. The zero-order chi connectivity index (χ0) is 11.8. The first kappa shape index (κ1) is 11.6. The third kappa shape index (κ3) is 2.62. The molecule has 5 nitrogen and oxygen atoms in total. The van der Waals surface area contributed by atoms with Crippen LogP contribution in [0.1, 0.15) is 12.0 Å². The molecule has 0 saturated carbocycles. The van der Waals surface area contributed by atoms with Crippen LogP contribution in [0, 0.1) is 6.92 Å². The maximum Gasteiger partial charge on any atom is 0.224 e. The van der Waals surface area contributed by atoms with Crippen LogP contribution in [0.4, 0.5) is 5.82 Å². The molecule has 0 spiro atoms. The molecule has 1 aromatic rings. The molecule has 1 saturated heterocycles. The van der Waals surface area contributed by atoms with E-state index in [2.05, 4.69) is 15.3 Å². The van der Waals surface area contributed by atoms with Gasteiger partial charge in [-0.05, 0) is 24.9 Å². The molecule has 2 heterocycles. The lowest BCUT2D eigenvalue weighted by Gasteiger charge is -2.13. The van der Waals surface area contributed by atoms with E-state index in [9.17, 15) is 8.42 Å². The fourth-order valence-electron chi connectivity index (χ4n) is 1.67. The van der Waals surface area contributed by atoms with Gasteiger partial charge in [-0.3, -0.25) is 0 Å². The molecule has 1 aromatic heterocycles. The number of rotatable bonds is 2. The minimum atomic E-state index is -2.88. The van der Waals surface area contributed by atoms with Gasteiger partial charge in [0.1, 0.15) is 5.82 Å². The van der Waals surface area contributed by atoms with Crippen molar-refractivity contribution in [3.63, 3.8) is 0 Å². The van der Waals surface area contributed by atoms with E-state index in [0.717, 1.165) is 5.56 Å².